The molecule has 1 aliphatic heterocycles. The first-order valence-electron chi connectivity index (χ1n) is 8.72. The first kappa shape index (κ1) is 19.9. The standard InChI is InChI=1S/C18H28N4O2S/c1-14-17(20-21-19)11-10-16(24-14)13-22(25(23)18(2,3)4)12-15-8-6-5-7-9-15/h5-9,14,16-17H,10-13H2,1-4H3. The van der Waals surface area contributed by atoms with E-state index in [0.717, 1.165) is 18.4 Å². The van der Waals surface area contributed by atoms with E-state index >= 15 is 0 Å². The van der Waals surface area contributed by atoms with Crippen LogP contribution in [0.2, 0.25) is 0 Å². The Bertz CT molecular complexity index is 626. The molecule has 1 saturated heterocycles. The second-order valence-corrected chi connectivity index (χ2v) is 9.72. The molecule has 25 heavy (non-hydrogen) atoms. The van der Waals surface area contributed by atoms with E-state index in [1.165, 1.54) is 0 Å². The Hall–Kier alpha value is -1.40. The van der Waals surface area contributed by atoms with Gasteiger partial charge in [-0.3, -0.25) is 0 Å². The Balaban J connectivity index is 2.08. The van der Waals surface area contributed by atoms with E-state index in [4.69, 9.17) is 10.3 Å². The molecule has 4 atom stereocenters. The third kappa shape index (κ3) is 5.82. The predicted molar refractivity (Wildman–Crippen MR) is 101 cm³/mol. The summed E-state index contributed by atoms with van der Waals surface area (Å²) in [6, 6.07) is 9.96. The molecule has 1 heterocycles. The second kappa shape index (κ2) is 8.81. The SMILES string of the molecule is CC1OC(CN(Cc2ccccc2)S(=O)C(C)(C)C)CCC1N=[N+]=[N-]. The minimum Gasteiger partial charge on any atom is -0.373 e. The van der Waals surface area contributed by atoms with Crippen molar-refractivity contribution in [2.24, 2.45) is 5.11 Å². The highest BCUT2D eigenvalue weighted by Crippen LogP contribution is 2.25. The summed E-state index contributed by atoms with van der Waals surface area (Å²) in [5, 5.41) is 3.80. The lowest BCUT2D eigenvalue weighted by Crippen LogP contribution is -2.45. The molecular weight excluding hydrogens is 336 g/mol. The lowest BCUT2D eigenvalue weighted by atomic mass is 10.00. The minimum absolute atomic E-state index is 0.00449. The van der Waals surface area contributed by atoms with Gasteiger partial charge in [-0.2, -0.15) is 0 Å². The van der Waals surface area contributed by atoms with Gasteiger partial charge in [-0.25, -0.2) is 8.51 Å². The van der Waals surface area contributed by atoms with Gasteiger partial charge in [0, 0.05) is 18.0 Å². The smallest absolute Gasteiger partial charge is 0.100 e. The predicted octanol–water partition coefficient (Wildman–Crippen LogP) is 4.20. The zero-order valence-corrected chi connectivity index (χ0v) is 16.3. The molecule has 4 unspecified atom stereocenters. The molecular formula is C18H28N4O2S. The number of benzene rings is 1. The molecule has 1 fully saturated rings. The maximum atomic E-state index is 13.0. The molecule has 6 nitrogen and oxygen atoms in total. The zero-order chi connectivity index (χ0) is 18.4. The van der Waals surface area contributed by atoms with Crippen LogP contribution in [0, 0.1) is 0 Å². The van der Waals surface area contributed by atoms with E-state index in [0.29, 0.717) is 13.1 Å². The van der Waals surface area contributed by atoms with Crippen LogP contribution in [0.1, 0.15) is 46.1 Å². The van der Waals surface area contributed by atoms with Crippen molar-refractivity contribution in [2.45, 2.75) is 70.1 Å². The van der Waals surface area contributed by atoms with Crippen molar-refractivity contribution < 1.29 is 8.95 Å². The van der Waals surface area contributed by atoms with Gasteiger partial charge in [-0.1, -0.05) is 35.4 Å². The highest BCUT2D eigenvalue weighted by Gasteiger charge is 2.32. The highest BCUT2D eigenvalue weighted by molar-refractivity contribution is 7.84. The van der Waals surface area contributed by atoms with Gasteiger partial charge < -0.3 is 4.74 Å². The number of azide groups is 1. The number of nitrogens with zero attached hydrogens (tertiary/aromatic N) is 4. The van der Waals surface area contributed by atoms with Crippen LogP contribution in [0.5, 0.6) is 0 Å². The summed E-state index contributed by atoms with van der Waals surface area (Å²) in [5.41, 5.74) is 9.76. The van der Waals surface area contributed by atoms with Crippen molar-refractivity contribution in [1.29, 1.82) is 0 Å². The minimum atomic E-state index is -1.13. The summed E-state index contributed by atoms with van der Waals surface area (Å²) in [6.45, 7) is 9.13. The second-order valence-electron chi connectivity index (χ2n) is 7.48. The van der Waals surface area contributed by atoms with Gasteiger partial charge in [0.05, 0.1) is 23.0 Å². The molecule has 0 aromatic heterocycles. The summed E-state index contributed by atoms with van der Waals surface area (Å²) < 4.78 is 20.7. The molecule has 0 bridgehead atoms. The largest absolute Gasteiger partial charge is 0.373 e. The van der Waals surface area contributed by atoms with Crippen molar-refractivity contribution in [1.82, 2.24) is 4.31 Å². The third-order valence-corrected chi connectivity index (χ3v) is 6.10. The Labute approximate surface area is 152 Å². The van der Waals surface area contributed by atoms with Crippen molar-refractivity contribution >= 4 is 11.0 Å². The molecule has 0 saturated carbocycles. The van der Waals surface area contributed by atoms with Crippen molar-refractivity contribution in [3.8, 4) is 0 Å². The molecule has 7 heteroatoms. The van der Waals surface area contributed by atoms with Gasteiger partial charge in [-0.05, 0) is 51.6 Å². The van der Waals surface area contributed by atoms with E-state index in [2.05, 4.69) is 22.2 Å². The van der Waals surface area contributed by atoms with Gasteiger partial charge in [0.2, 0.25) is 0 Å². The van der Waals surface area contributed by atoms with Crippen LogP contribution < -0.4 is 0 Å². The van der Waals surface area contributed by atoms with Crippen LogP contribution in [-0.4, -0.2) is 38.1 Å². The molecule has 0 radical (unpaired) electrons. The van der Waals surface area contributed by atoms with Gasteiger partial charge >= 0.3 is 0 Å². The van der Waals surface area contributed by atoms with Crippen LogP contribution >= 0.6 is 0 Å². The van der Waals surface area contributed by atoms with Crippen LogP contribution in [0.15, 0.2) is 35.4 Å². The first-order chi connectivity index (χ1) is 11.8. The number of hydrogen-bond acceptors (Lipinski definition) is 3. The van der Waals surface area contributed by atoms with Crippen molar-refractivity contribution in [3.05, 3.63) is 46.3 Å². The Kier molecular flexibility index (Phi) is 7.02. The maximum Gasteiger partial charge on any atom is 0.100 e. The molecule has 0 spiro atoms. The number of ether oxygens (including phenoxy) is 1. The molecule has 1 aromatic carbocycles. The molecule has 0 aliphatic carbocycles. The Morgan fingerprint density at radius 1 is 1.32 bits per heavy atom. The van der Waals surface area contributed by atoms with Crippen molar-refractivity contribution in [3.63, 3.8) is 0 Å². The lowest BCUT2D eigenvalue weighted by Gasteiger charge is -2.36. The van der Waals surface area contributed by atoms with Crippen LogP contribution in [0.25, 0.3) is 10.4 Å². The molecule has 138 valence electrons. The summed E-state index contributed by atoms with van der Waals surface area (Å²) in [4.78, 5) is 2.90. The summed E-state index contributed by atoms with van der Waals surface area (Å²) in [6.07, 6.45) is 1.49. The van der Waals surface area contributed by atoms with Crippen LogP contribution in [-0.2, 0) is 22.3 Å². The van der Waals surface area contributed by atoms with E-state index in [-0.39, 0.29) is 23.0 Å². The fraction of sp³-hybridized carbons (Fsp3) is 0.667. The molecule has 2 rings (SSSR count). The Morgan fingerprint density at radius 2 is 2.00 bits per heavy atom. The average molecular weight is 365 g/mol. The van der Waals surface area contributed by atoms with Crippen LogP contribution in [0.3, 0.4) is 0 Å². The lowest BCUT2D eigenvalue weighted by molar-refractivity contribution is -0.0566. The van der Waals surface area contributed by atoms with E-state index in [1.807, 2.05) is 50.2 Å². The molecule has 0 amide bonds. The molecule has 1 aliphatic rings. The van der Waals surface area contributed by atoms with Gasteiger partial charge in [0.25, 0.3) is 0 Å². The average Bonchev–Trinajstić information content (AvgIpc) is 2.56. The first-order valence-corrected chi connectivity index (χ1v) is 9.82. The third-order valence-electron chi connectivity index (χ3n) is 4.30. The number of rotatable bonds is 6. The summed E-state index contributed by atoms with van der Waals surface area (Å²) in [7, 11) is -1.13. The van der Waals surface area contributed by atoms with Gasteiger partial charge in [-0.15, -0.1) is 0 Å². The quantitative estimate of drug-likeness (QED) is 0.431. The Morgan fingerprint density at radius 3 is 2.56 bits per heavy atom. The highest BCUT2D eigenvalue weighted by atomic mass is 32.2. The van der Waals surface area contributed by atoms with Crippen LogP contribution in [0.4, 0.5) is 0 Å². The maximum absolute atomic E-state index is 13.0. The fourth-order valence-electron chi connectivity index (χ4n) is 3.00. The fourth-order valence-corrected chi connectivity index (χ4v) is 4.34. The van der Waals surface area contributed by atoms with Gasteiger partial charge in [0.15, 0.2) is 0 Å². The number of hydrogen-bond donors (Lipinski definition) is 0. The monoisotopic (exact) mass is 364 g/mol. The molecule has 0 N–H and O–H groups in total. The molecule has 1 aromatic rings. The van der Waals surface area contributed by atoms with E-state index in [9.17, 15) is 4.21 Å². The topological polar surface area (TPSA) is 78.3 Å². The van der Waals surface area contributed by atoms with E-state index < -0.39 is 11.0 Å². The zero-order valence-electron chi connectivity index (χ0n) is 15.5. The normalized spacial score (nSPS) is 25.4. The van der Waals surface area contributed by atoms with Gasteiger partial charge in [0.1, 0.15) is 11.0 Å². The van der Waals surface area contributed by atoms with E-state index in [1.54, 1.807) is 0 Å². The van der Waals surface area contributed by atoms with Crippen molar-refractivity contribution in [2.75, 3.05) is 6.54 Å². The summed E-state index contributed by atoms with van der Waals surface area (Å²) >= 11 is 0. The summed E-state index contributed by atoms with van der Waals surface area (Å²) in [5.74, 6) is 0.